The fraction of sp³-hybridized carbons (Fsp3) is 0.143. The predicted octanol–water partition coefficient (Wildman–Crippen LogP) is 2.14. The lowest BCUT2D eigenvalue weighted by Crippen LogP contribution is -1.87. The fourth-order valence-corrected chi connectivity index (χ4v) is 2.22. The fourth-order valence-electron chi connectivity index (χ4n) is 0.885. The summed E-state index contributed by atoms with van der Waals surface area (Å²) in [7, 11) is -1.66. The third-order valence-electron chi connectivity index (χ3n) is 1.56. The van der Waals surface area contributed by atoms with Gasteiger partial charge < -0.3 is 0 Å². The van der Waals surface area contributed by atoms with E-state index in [-0.39, 0.29) is 0 Å². The van der Waals surface area contributed by atoms with E-state index in [1.54, 1.807) is 0 Å². The number of rotatable bonds is 2. The molecule has 0 spiro atoms. The van der Waals surface area contributed by atoms with Gasteiger partial charge in [0.05, 0.1) is 0 Å². The first kappa shape index (κ1) is 7.09. The average molecular weight is 173 g/mol. The van der Waals surface area contributed by atoms with Crippen molar-refractivity contribution >= 4 is 10.5 Å². The van der Waals surface area contributed by atoms with E-state index in [4.69, 9.17) is 4.28 Å². The molecule has 0 radical (unpaired) electrons. The SMILES string of the molecule is FCS1(c2ccccc2)NO1. The maximum absolute atomic E-state index is 12.4. The molecular formula is C7H8FNOS. The van der Waals surface area contributed by atoms with Crippen LogP contribution >= 0.6 is 10.5 Å². The number of alkyl halides is 1. The van der Waals surface area contributed by atoms with Crippen molar-refractivity contribution in [2.45, 2.75) is 4.90 Å². The van der Waals surface area contributed by atoms with Gasteiger partial charge in [-0.1, -0.05) is 18.2 Å². The Morgan fingerprint density at radius 1 is 1.36 bits per heavy atom. The van der Waals surface area contributed by atoms with Crippen LogP contribution in [-0.4, -0.2) is 6.01 Å². The van der Waals surface area contributed by atoms with Crippen molar-refractivity contribution < 1.29 is 8.67 Å². The number of benzene rings is 1. The van der Waals surface area contributed by atoms with Gasteiger partial charge in [0, 0.05) is 15.4 Å². The van der Waals surface area contributed by atoms with E-state index in [9.17, 15) is 4.39 Å². The zero-order valence-electron chi connectivity index (χ0n) is 5.79. The van der Waals surface area contributed by atoms with E-state index in [1.807, 2.05) is 30.3 Å². The molecule has 11 heavy (non-hydrogen) atoms. The minimum absolute atomic E-state index is 0.447. The van der Waals surface area contributed by atoms with Crippen molar-refractivity contribution in [2.24, 2.45) is 0 Å². The van der Waals surface area contributed by atoms with Gasteiger partial charge in [0.1, 0.15) is 0 Å². The van der Waals surface area contributed by atoms with Gasteiger partial charge in [0.15, 0.2) is 6.01 Å². The predicted molar refractivity (Wildman–Crippen MR) is 42.5 cm³/mol. The van der Waals surface area contributed by atoms with Crippen LogP contribution in [-0.2, 0) is 4.28 Å². The van der Waals surface area contributed by atoms with E-state index in [0.29, 0.717) is 0 Å². The van der Waals surface area contributed by atoms with E-state index >= 15 is 0 Å². The second kappa shape index (κ2) is 2.48. The van der Waals surface area contributed by atoms with Crippen molar-refractivity contribution in [3.05, 3.63) is 30.3 Å². The maximum atomic E-state index is 12.4. The summed E-state index contributed by atoms with van der Waals surface area (Å²) in [6, 6.07) is 8.95. The second-order valence-corrected chi connectivity index (χ2v) is 4.64. The summed E-state index contributed by atoms with van der Waals surface area (Å²) in [5.41, 5.74) is 0. The van der Waals surface area contributed by atoms with Gasteiger partial charge in [-0.3, -0.25) is 0 Å². The lowest BCUT2D eigenvalue weighted by atomic mass is 10.4. The molecule has 1 saturated heterocycles. The Labute approximate surface area is 66.0 Å². The van der Waals surface area contributed by atoms with Crippen molar-refractivity contribution in [3.63, 3.8) is 0 Å². The highest BCUT2D eigenvalue weighted by Gasteiger charge is 2.41. The van der Waals surface area contributed by atoms with Crippen LogP contribution in [0.15, 0.2) is 35.2 Å². The standard InChI is InChI=1S/C7H8FNOS/c8-6-11(9-10-11)7-4-2-1-3-5-7/h1-5,9H,6H2. The first-order valence-corrected chi connectivity index (χ1v) is 4.97. The van der Waals surface area contributed by atoms with Crippen molar-refractivity contribution in [3.8, 4) is 0 Å². The van der Waals surface area contributed by atoms with Crippen LogP contribution in [0.4, 0.5) is 4.39 Å². The molecule has 0 bridgehead atoms. The molecule has 1 fully saturated rings. The molecule has 0 amide bonds. The first-order valence-electron chi connectivity index (χ1n) is 3.25. The molecule has 0 saturated carbocycles. The van der Waals surface area contributed by atoms with Crippen LogP contribution in [0.5, 0.6) is 0 Å². The summed E-state index contributed by atoms with van der Waals surface area (Å²) < 4.78 is 17.3. The van der Waals surface area contributed by atoms with Crippen LogP contribution in [0.1, 0.15) is 0 Å². The molecule has 1 unspecified atom stereocenters. The highest BCUT2D eigenvalue weighted by atomic mass is 32.3. The summed E-state index contributed by atoms with van der Waals surface area (Å²) >= 11 is 0. The van der Waals surface area contributed by atoms with Gasteiger partial charge in [0.25, 0.3) is 0 Å². The molecular weight excluding hydrogens is 165 g/mol. The Balaban J connectivity index is 2.30. The van der Waals surface area contributed by atoms with Crippen LogP contribution in [0.25, 0.3) is 0 Å². The molecule has 1 aromatic carbocycles. The largest absolute Gasteiger partial charge is 0.237 e. The number of nitrogens with one attached hydrogen (secondary N) is 1. The van der Waals surface area contributed by atoms with Gasteiger partial charge in [-0.25, -0.2) is 8.67 Å². The van der Waals surface area contributed by atoms with E-state index in [2.05, 4.69) is 4.89 Å². The molecule has 1 aromatic rings. The highest BCUT2D eigenvalue weighted by Crippen LogP contribution is 2.63. The van der Waals surface area contributed by atoms with Crippen LogP contribution in [0, 0.1) is 0 Å². The Kier molecular flexibility index (Phi) is 1.60. The van der Waals surface area contributed by atoms with Crippen LogP contribution < -0.4 is 4.89 Å². The molecule has 1 heterocycles. The average Bonchev–Trinajstić information content (AvgIpc) is 2.86. The van der Waals surface area contributed by atoms with Gasteiger partial charge in [-0.15, -0.1) is 4.89 Å². The Morgan fingerprint density at radius 3 is 2.45 bits per heavy atom. The molecule has 60 valence electrons. The number of hydrogen-bond acceptors (Lipinski definition) is 2. The molecule has 0 aromatic heterocycles. The Hall–Kier alpha value is -0.580. The quantitative estimate of drug-likeness (QED) is 0.695. The van der Waals surface area contributed by atoms with Gasteiger partial charge in [-0.05, 0) is 12.1 Å². The summed E-state index contributed by atoms with van der Waals surface area (Å²) in [4.78, 5) is 3.54. The Bertz CT molecular complexity index is 250. The molecule has 4 heteroatoms. The molecule has 1 atom stereocenters. The maximum Gasteiger partial charge on any atom is 0.160 e. The molecule has 2 nitrogen and oxygen atoms in total. The monoisotopic (exact) mass is 173 g/mol. The molecule has 2 rings (SSSR count). The first-order chi connectivity index (χ1) is 5.37. The molecule has 1 N–H and O–H groups in total. The van der Waals surface area contributed by atoms with Gasteiger partial charge >= 0.3 is 0 Å². The zero-order valence-corrected chi connectivity index (χ0v) is 6.60. The third kappa shape index (κ3) is 1.13. The van der Waals surface area contributed by atoms with E-state index < -0.39 is 16.5 Å². The van der Waals surface area contributed by atoms with E-state index in [1.165, 1.54) is 0 Å². The summed E-state index contributed by atoms with van der Waals surface area (Å²) in [5.74, 6) is 0. The minimum atomic E-state index is -1.66. The third-order valence-corrected chi connectivity index (χ3v) is 3.47. The summed E-state index contributed by atoms with van der Waals surface area (Å²) in [5, 5.41) is 0. The lowest BCUT2D eigenvalue weighted by Gasteiger charge is -2.07. The second-order valence-electron chi connectivity index (χ2n) is 2.26. The summed E-state index contributed by atoms with van der Waals surface area (Å²) in [6.45, 7) is 0. The topological polar surface area (TPSA) is 34.5 Å². The van der Waals surface area contributed by atoms with E-state index in [0.717, 1.165) is 4.90 Å². The molecule has 1 aliphatic rings. The van der Waals surface area contributed by atoms with Crippen molar-refractivity contribution in [1.82, 2.24) is 4.89 Å². The number of halogens is 1. The molecule has 0 aliphatic carbocycles. The number of hydrogen-bond donors (Lipinski definition) is 1. The van der Waals surface area contributed by atoms with Crippen LogP contribution in [0.2, 0.25) is 0 Å². The minimum Gasteiger partial charge on any atom is -0.237 e. The lowest BCUT2D eigenvalue weighted by molar-refractivity contribution is 0.463. The van der Waals surface area contributed by atoms with Gasteiger partial charge in [-0.2, -0.15) is 0 Å². The van der Waals surface area contributed by atoms with Crippen molar-refractivity contribution in [1.29, 1.82) is 0 Å². The highest BCUT2D eigenvalue weighted by molar-refractivity contribution is 8.32. The van der Waals surface area contributed by atoms with Crippen molar-refractivity contribution in [2.75, 3.05) is 6.01 Å². The Morgan fingerprint density at radius 2 is 2.00 bits per heavy atom. The smallest absolute Gasteiger partial charge is 0.160 e. The van der Waals surface area contributed by atoms with Crippen LogP contribution in [0.3, 0.4) is 0 Å². The normalized spacial score (nSPS) is 34.3. The van der Waals surface area contributed by atoms with Gasteiger partial charge in [0.2, 0.25) is 0 Å². The summed E-state index contributed by atoms with van der Waals surface area (Å²) in [6.07, 6.45) is 0. The zero-order chi connectivity index (χ0) is 7.73. The molecule has 1 aliphatic heterocycles.